The van der Waals surface area contributed by atoms with Crippen molar-refractivity contribution in [3.63, 3.8) is 0 Å². The number of amides is 1. The van der Waals surface area contributed by atoms with Gasteiger partial charge in [-0.2, -0.15) is 0 Å². The van der Waals surface area contributed by atoms with E-state index in [0.29, 0.717) is 24.3 Å². The van der Waals surface area contributed by atoms with Gasteiger partial charge in [-0.1, -0.05) is 30.3 Å². The van der Waals surface area contributed by atoms with Crippen LogP contribution in [0.25, 0.3) is 0 Å². The van der Waals surface area contributed by atoms with E-state index in [4.69, 9.17) is 5.14 Å². The van der Waals surface area contributed by atoms with Crippen LogP contribution in [-0.2, 0) is 16.4 Å². The number of nitrogens with one attached hydrogen (secondary N) is 2. The number of anilines is 2. The first-order valence-electron chi connectivity index (χ1n) is 8.60. The Bertz CT molecular complexity index is 1050. The molecule has 8 heteroatoms. The topological polar surface area (TPSA) is 114 Å². The monoisotopic (exact) mass is 396 g/mol. The van der Waals surface area contributed by atoms with Crippen LogP contribution in [0.3, 0.4) is 0 Å². The Hall–Kier alpha value is -3.23. The highest BCUT2D eigenvalue weighted by Gasteiger charge is 2.08. The fourth-order valence-electron chi connectivity index (χ4n) is 2.57. The standard InChI is InChI=1S/C20H20N4O3S/c21-28(26,27)18-8-6-15(7-9-18)10-12-22-19-14-16(11-13-23-19)20(25)24-17-4-2-1-3-5-17/h1-9,11,13-14H,10,12H2,(H,22,23)(H,24,25)(H2,21,26,27). The maximum Gasteiger partial charge on any atom is 0.255 e. The summed E-state index contributed by atoms with van der Waals surface area (Å²) in [5, 5.41) is 11.1. The molecule has 1 amide bonds. The molecule has 2 aromatic carbocycles. The average Bonchev–Trinajstić information content (AvgIpc) is 2.69. The van der Waals surface area contributed by atoms with Gasteiger partial charge < -0.3 is 10.6 Å². The first-order chi connectivity index (χ1) is 13.4. The van der Waals surface area contributed by atoms with E-state index in [1.807, 2.05) is 30.3 Å². The van der Waals surface area contributed by atoms with Crippen molar-refractivity contribution in [2.24, 2.45) is 5.14 Å². The van der Waals surface area contributed by atoms with Gasteiger partial charge in [-0.25, -0.2) is 18.5 Å². The molecule has 1 heterocycles. The molecular formula is C20H20N4O3S. The van der Waals surface area contributed by atoms with Crippen LogP contribution < -0.4 is 15.8 Å². The molecule has 0 aliphatic carbocycles. The minimum Gasteiger partial charge on any atom is -0.370 e. The normalized spacial score (nSPS) is 11.0. The van der Waals surface area contributed by atoms with Crippen LogP contribution in [-0.4, -0.2) is 25.9 Å². The Labute approximate surface area is 163 Å². The fourth-order valence-corrected chi connectivity index (χ4v) is 3.09. The second-order valence-corrected chi connectivity index (χ2v) is 7.68. The first kappa shape index (κ1) is 19.5. The summed E-state index contributed by atoms with van der Waals surface area (Å²) in [5.41, 5.74) is 2.18. The van der Waals surface area contributed by atoms with Crippen LogP contribution in [0.1, 0.15) is 15.9 Å². The number of para-hydroxylation sites is 1. The molecule has 28 heavy (non-hydrogen) atoms. The van der Waals surface area contributed by atoms with Gasteiger partial charge in [-0.3, -0.25) is 4.79 Å². The minimum atomic E-state index is -3.68. The number of primary sulfonamides is 1. The highest BCUT2D eigenvalue weighted by Crippen LogP contribution is 2.12. The number of carbonyl (C=O) groups excluding carboxylic acids is 1. The van der Waals surface area contributed by atoms with E-state index in [1.54, 1.807) is 30.5 Å². The first-order valence-corrected chi connectivity index (χ1v) is 10.1. The molecule has 0 atom stereocenters. The van der Waals surface area contributed by atoms with Crippen molar-refractivity contribution in [2.75, 3.05) is 17.2 Å². The van der Waals surface area contributed by atoms with Crippen molar-refractivity contribution < 1.29 is 13.2 Å². The lowest BCUT2D eigenvalue weighted by Crippen LogP contribution is -2.13. The number of hydrogen-bond acceptors (Lipinski definition) is 5. The summed E-state index contributed by atoms with van der Waals surface area (Å²) in [6.45, 7) is 0.575. The molecule has 0 saturated carbocycles. The molecule has 0 bridgehead atoms. The summed E-state index contributed by atoms with van der Waals surface area (Å²) in [6, 6.07) is 19.0. The predicted octanol–water partition coefficient (Wildman–Crippen LogP) is 2.64. The van der Waals surface area contributed by atoms with E-state index < -0.39 is 10.0 Å². The third kappa shape index (κ3) is 5.38. The van der Waals surface area contributed by atoms with E-state index in [0.717, 1.165) is 11.3 Å². The molecule has 3 rings (SSSR count). The van der Waals surface area contributed by atoms with Crippen molar-refractivity contribution in [3.8, 4) is 0 Å². The maximum absolute atomic E-state index is 12.3. The van der Waals surface area contributed by atoms with Gasteiger partial charge in [0.1, 0.15) is 5.82 Å². The van der Waals surface area contributed by atoms with Gasteiger partial charge in [0.2, 0.25) is 10.0 Å². The quantitative estimate of drug-likeness (QED) is 0.568. The van der Waals surface area contributed by atoms with Crippen LogP contribution in [0.5, 0.6) is 0 Å². The minimum absolute atomic E-state index is 0.0861. The zero-order valence-corrected chi connectivity index (χ0v) is 15.8. The number of pyridine rings is 1. The van der Waals surface area contributed by atoms with Crippen LogP contribution in [0.4, 0.5) is 11.5 Å². The average molecular weight is 396 g/mol. The Morgan fingerprint density at radius 2 is 1.71 bits per heavy atom. The third-order valence-electron chi connectivity index (χ3n) is 4.03. The fraction of sp³-hybridized carbons (Fsp3) is 0.100. The van der Waals surface area contributed by atoms with E-state index >= 15 is 0 Å². The second kappa shape index (κ2) is 8.64. The van der Waals surface area contributed by atoms with Crippen molar-refractivity contribution >= 4 is 27.4 Å². The SMILES string of the molecule is NS(=O)(=O)c1ccc(CCNc2cc(C(=O)Nc3ccccc3)ccn2)cc1. The Kier molecular flexibility index (Phi) is 6.03. The summed E-state index contributed by atoms with van der Waals surface area (Å²) in [5.74, 6) is 0.372. The lowest BCUT2D eigenvalue weighted by Gasteiger charge is -2.09. The Morgan fingerprint density at radius 3 is 2.39 bits per heavy atom. The Balaban J connectivity index is 1.56. The van der Waals surface area contributed by atoms with E-state index in [9.17, 15) is 13.2 Å². The number of carbonyl (C=O) groups is 1. The number of aromatic nitrogens is 1. The molecular weight excluding hydrogens is 376 g/mol. The van der Waals surface area contributed by atoms with Crippen molar-refractivity contribution in [1.82, 2.24) is 4.98 Å². The van der Waals surface area contributed by atoms with Gasteiger partial charge in [0, 0.05) is 24.0 Å². The van der Waals surface area contributed by atoms with E-state index in [-0.39, 0.29) is 10.8 Å². The van der Waals surface area contributed by atoms with Crippen molar-refractivity contribution in [2.45, 2.75) is 11.3 Å². The molecule has 7 nitrogen and oxygen atoms in total. The number of benzene rings is 2. The molecule has 3 aromatic rings. The number of nitrogens with zero attached hydrogens (tertiary/aromatic N) is 1. The van der Waals surface area contributed by atoms with E-state index in [1.165, 1.54) is 12.1 Å². The summed E-state index contributed by atoms with van der Waals surface area (Å²) in [4.78, 5) is 16.7. The van der Waals surface area contributed by atoms with Gasteiger partial charge in [-0.05, 0) is 48.4 Å². The molecule has 4 N–H and O–H groups in total. The van der Waals surface area contributed by atoms with Gasteiger partial charge in [0.05, 0.1) is 4.90 Å². The number of rotatable bonds is 7. The maximum atomic E-state index is 12.3. The van der Waals surface area contributed by atoms with Gasteiger partial charge in [0.15, 0.2) is 0 Å². The number of sulfonamides is 1. The lowest BCUT2D eigenvalue weighted by molar-refractivity contribution is 0.102. The Morgan fingerprint density at radius 1 is 1.00 bits per heavy atom. The lowest BCUT2D eigenvalue weighted by atomic mass is 10.1. The highest BCUT2D eigenvalue weighted by atomic mass is 32.2. The summed E-state index contributed by atoms with van der Waals surface area (Å²) < 4.78 is 22.5. The molecule has 0 saturated heterocycles. The van der Waals surface area contributed by atoms with E-state index in [2.05, 4.69) is 15.6 Å². The molecule has 0 radical (unpaired) electrons. The number of nitrogens with two attached hydrogens (primary N) is 1. The molecule has 0 unspecified atom stereocenters. The van der Waals surface area contributed by atoms with Crippen LogP contribution in [0.15, 0.2) is 77.8 Å². The third-order valence-corrected chi connectivity index (χ3v) is 4.95. The summed E-state index contributed by atoms with van der Waals surface area (Å²) in [6.07, 6.45) is 2.23. The molecule has 0 aliphatic heterocycles. The highest BCUT2D eigenvalue weighted by molar-refractivity contribution is 7.89. The smallest absolute Gasteiger partial charge is 0.255 e. The van der Waals surface area contributed by atoms with Crippen LogP contribution >= 0.6 is 0 Å². The van der Waals surface area contributed by atoms with Gasteiger partial charge in [0.25, 0.3) is 5.91 Å². The molecule has 1 aromatic heterocycles. The zero-order valence-electron chi connectivity index (χ0n) is 15.0. The van der Waals surface area contributed by atoms with Crippen molar-refractivity contribution in [1.29, 1.82) is 0 Å². The largest absolute Gasteiger partial charge is 0.370 e. The van der Waals surface area contributed by atoms with Gasteiger partial charge in [-0.15, -0.1) is 0 Å². The van der Waals surface area contributed by atoms with Gasteiger partial charge >= 0.3 is 0 Å². The molecule has 0 fully saturated rings. The molecule has 0 spiro atoms. The predicted molar refractivity (Wildman–Crippen MR) is 109 cm³/mol. The second-order valence-electron chi connectivity index (χ2n) is 6.12. The molecule has 0 aliphatic rings. The van der Waals surface area contributed by atoms with Crippen LogP contribution in [0.2, 0.25) is 0 Å². The van der Waals surface area contributed by atoms with Crippen LogP contribution in [0, 0.1) is 0 Å². The van der Waals surface area contributed by atoms with Crippen molar-refractivity contribution in [3.05, 3.63) is 84.1 Å². The number of hydrogen-bond donors (Lipinski definition) is 3. The molecule has 144 valence electrons. The summed E-state index contributed by atoms with van der Waals surface area (Å²) in [7, 11) is -3.68. The summed E-state index contributed by atoms with van der Waals surface area (Å²) >= 11 is 0. The zero-order chi connectivity index (χ0) is 20.0.